The molecule has 0 aliphatic carbocycles. The molecule has 0 bridgehead atoms. The molecule has 0 amide bonds. The SMILES string of the molecule is O=C([O-])CCCC/C=C\C/C=C\C/C=C\CCCCCO.[K+]. The van der Waals surface area contributed by atoms with Crippen molar-refractivity contribution in [1.82, 2.24) is 0 Å². The smallest absolute Gasteiger partial charge is 0.550 e. The number of aliphatic hydroxyl groups excluding tert-OH is 1. The summed E-state index contributed by atoms with van der Waals surface area (Å²) >= 11 is 0. The molecule has 0 aromatic heterocycles. The number of aliphatic carboxylic acids is 1. The number of hydrogen-bond acceptors (Lipinski definition) is 3. The van der Waals surface area contributed by atoms with Crippen LogP contribution >= 0.6 is 0 Å². The fraction of sp³-hybridized carbons (Fsp3) is 0.611. The van der Waals surface area contributed by atoms with Crippen molar-refractivity contribution in [1.29, 1.82) is 0 Å². The zero-order valence-electron chi connectivity index (χ0n) is 14.0. The third kappa shape index (κ3) is 22.6. The van der Waals surface area contributed by atoms with Crippen LogP contribution in [0.2, 0.25) is 0 Å². The summed E-state index contributed by atoms with van der Waals surface area (Å²) in [5.41, 5.74) is 0. The van der Waals surface area contributed by atoms with Crippen LogP contribution in [0.15, 0.2) is 36.5 Å². The summed E-state index contributed by atoms with van der Waals surface area (Å²) in [5.74, 6) is -0.955. The number of aliphatic hydroxyl groups is 1. The molecule has 1 N–H and O–H groups in total. The van der Waals surface area contributed by atoms with Gasteiger partial charge in [-0.25, -0.2) is 0 Å². The largest absolute Gasteiger partial charge is 1.00 e. The zero-order chi connectivity index (χ0) is 15.6. The first-order valence-corrected chi connectivity index (χ1v) is 8.03. The molecular formula is C18H29KO3. The predicted octanol–water partition coefficient (Wildman–Crippen LogP) is 0.302. The Bertz CT molecular complexity index is 322. The first kappa shape index (κ1) is 24.5. The minimum absolute atomic E-state index is 0. The van der Waals surface area contributed by atoms with E-state index in [1.165, 1.54) is 0 Å². The average Bonchev–Trinajstić information content (AvgIpc) is 2.46. The van der Waals surface area contributed by atoms with Gasteiger partial charge in [-0.15, -0.1) is 0 Å². The van der Waals surface area contributed by atoms with E-state index >= 15 is 0 Å². The fourth-order valence-electron chi connectivity index (χ4n) is 1.86. The third-order valence-electron chi connectivity index (χ3n) is 3.07. The second kappa shape index (κ2) is 21.3. The molecule has 0 aliphatic rings. The number of unbranched alkanes of at least 4 members (excludes halogenated alkanes) is 5. The summed E-state index contributed by atoms with van der Waals surface area (Å²) in [5, 5.41) is 18.8. The quantitative estimate of drug-likeness (QED) is 0.283. The Kier molecular flexibility index (Phi) is 23.7. The predicted molar refractivity (Wildman–Crippen MR) is 85.7 cm³/mol. The van der Waals surface area contributed by atoms with Crippen LogP contribution in [0.5, 0.6) is 0 Å². The molecule has 0 aromatic rings. The Balaban J connectivity index is 0. The Morgan fingerprint density at radius 3 is 1.77 bits per heavy atom. The first-order chi connectivity index (χ1) is 10.3. The third-order valence-corrected chi connectivity index (χ3v) is 3.07. The van der Waals surface area contributed by atoms with Crippen molar-refractivity contribution in [2.75, 3.05) is 6.61 Å². The van der Waals surface area contributed by atoms with Gasteiger partial charge in [0.1, 0.15) is 0 Å². The van der Waals surface area contributed by atoms with Gasteiger partial charge in [0.2, 0.25) is 0 Å². The molecule has 0 spiro atoms. The van der Waals surface area contributed by atoms with Crippen molar-refractivity contribution >= 4 is 5.97 Å². The van der Waals surface area contributed by atoms with Crippen molar-refractivity contribution in [2.24, 2.45) is 0 Å². The summed E-state index contributed by atoms with van der Waals surface area (Å²) < 4.78 is 0. The van der Waals surface area contributed by atoms with E-state index in [0.717, 1.165) is 51.4 Å². The van der Waals surface area contributed by atoms with Gasteiger partial charge in [0, 0.05) is 12.6 Å². The summed E-state index contributed by atoms with van der Waals surface area (Å²) in [6.07, 6.45) is 21.8. The van der Waals surface area contributed by atoms with Crippen LogP contribution in [0.1, 0.15) is 64.2 Å². The topological polar surface area (TPSA) is 60.4 Å². The number of rotatable bonds is 14. The van der Waals surface area contributed by atoms with Crippen LogP contribution in [0, 0.1) is 0 Å². The minimum Gasteiger partial charge on any atom is -0.550 e. The van der Waals surface area contributed by atoms with Gasteiger partial charge in [0.15, 0.2) is 0 Å². The van der Waals surface area contributed by atoms with E-state index in [-0.39, 0.29) is 57.8 Å². The molecule has 0 rings (SSSR count). The van der Waals surface area contributed by atoms with E-state index in [9.17, 15) is 9.90 Å². The van der Waals surface area contributed by atoms with Crippen LogP contribution in [0.4, 0.5) is 0 Å². The van der Waals surface area contributed by atoms with E-state index in [2.05, 4.69) is 36.5 Å². The summed E-state index contributed by atoms with van der Waals surface area (Å²) in [6, 6.07) is 0. The molecule has 0 aliphatic heterocycles. The van der Waals surface area contributed by atoms with Crippen molar-refractivity contribution in [3.8, 4) is 0 Å². The molecule has 0 unspecified atom stereocenters. The molecule has 120 valence electrons. The number of carboxylic acids is 1. The number of hydrogen-bond donors (Lipinski definition) is 1. The monoisotopic (exact) mass is 332 g/mol. The Labute approximate surface area is 178 Å². The second-order valence-electron chi connectivity index (χ2n) is 5.08. The van der Waals surface area contributed by atoms with Crippen LogP contribution in [0.25, 0.3) is 0 Å². The number of carbonyl (C=O) groups excluding carboxylic acids is 1. The van der Waals surface area contributed by atoms with Crippen molar-refractivity contribution in [2.45, 2.75) is 64.2 Å². The molecule has 0 heterocycles. The molecular weight excluding hydrogens is 303 g/mol. The molecule has 0 saturated carbocycles. The fourth-order valence-corrected chi connectivity index (χ4v) is 1.86. The molecule has 0 aromatic carbocycles. The minimum atomic E-state index is -0.955. The number of allylic oxidation sites excluding steroid dienone is 6. The maximum Gasteiger partial charge on any atom is 1.00 e. The number of carbonyl (C=O) groups is 1. The van der Waals surface area contributed by atoms with Crippen LogP contribution in [0.3, 0.4) is 0 Å². The molecule has 4 heteroatoms. The van der Waals surface area contributed by atoms with Gasteiger partial charge >= 0.3 is 51.4 Å². The number of carboxylic acid groups (broad SMARTS) is 1. The van der Waals surface area contributed by atoms with E-state index < -0.39 is 5.97 Å². The summed E-state index contributed by atoms with van der Waals surface area (Å²) in [4.78, 5) is 10.2. The van der Waals surface area contributed by atoms with Crippen LogP contribution in [-0.2, 0) is 4.79 Å². The van der Waals surface area contributed by atoms with E-state index in [4.69, 9.17) is 5.11 Å². The zero-order valence-corrected chi connectivity index (χ0v) is 17.1. The summed E-state index contributed by atoms with van der Waals surface area (Å²) in [7, 11) is 0. The molecule has 0 saturated heterocycles. The Morgan fingerprint density at radius 1 is 0.773 bits per heavy atom. The van der Waals surface area contributed by atoms with Crippen molar-refractivity contribution in [3.05, 3.63) is 36.5 Å². The molecule has 22 heavy (non-hydrogen) atoms. The maximum atomic E-state index is 10.2. The molecule has 0 radical (unpaired) electrons. The summed E-state index contributed by atoms with van der Waals surface area (Å²) in [6.45, 7) is 0.302. The van der Waals surface area contributed by atoms with Crippen molar-refractivity contribution < 1.29 is 66.4 Å². The van der Waals surface area contributed by atoms with Crippen LogP contribution in [-0.4, -0.2) is 17.7 Å². The van der Waals surface area contributed by atoms with E-state index in [0.29, 0.717) is 13.0 Å². The van der Waals surface area contributed by atoms with Gasteiger partial charge in [-0.3, -0.25) is 0 Å². The molecule has 0 atom stereocenters. The van der Waals surface area contributed by atoms with Crippen LogP contribution < -0.4 is 56.5 Å². The Morgan fingerprint density at radius 2 is 1.27 bits per heavy atom. The van der Waals surface area contributed by atoms with Gasteiger partial charge in [-0.2, -0.15) is 0 Å². The second-order valence-corrected chi connectivity index (χ2v) is 5.08. The maximum absolute atomic E-state index is 10.2. The van der Waals surface area contributed by atoms with Gasteiger partial charge in [-0.1, -0.05) is 42.9 Å². The first-order valence-electron chi connectivity index (χ1n) is 8.03. The average molecular weight is 333 g/mol. The van der Waals surface area contributed by atoms with Gasteiger partial charge in [0.25, 0.3) is 0 Å². The van der Waals surface area contributed by atoms with E-state index in [1.54, 1.807) is 0 Å². The van der Waals surface area contributed by atoms with Gasteiger partial charge in [-0.05, 0) is 57.8 Å². The standard InChI is InChI=1S/C18H30O3.K/c19-17-15-13-11-9-7-5-3-1-2-4-6-8-10-12-14-16-18(20)21;/h1-2,5-8,19H,3-4,9-17H2,(H,20,21);/q;+1/p-1/b2-1-,7-5-,8-6-;. The molecule has 3 nitrogen and oxygen atoms in total. The van der Waals surface area contributed by atoms with Crippen molar-refractivity contribution in [3.63, 3.8) is 0 Å². The van der Waals surface area contributed by atoms with Gasteiger partial charge < -0.3 is 15.0 Å². The Hall–Kier alpha value is 0.286. The molecule has 0 fully saturated rings. The van der Waals surface area contributed by atoms with E-state index in [1.807, 2.05) is 0 Å². The normalized spacial score (nSPS) is 11.5. The van der Waals surface area contributed by atoms with Gasteiger partial charge in [0.05, 0.1) is 0 Å².